The van der Waals surface area contributed by atoms with Crippen LogP contribution in [0.15, 0.2) is 36.8 Å². The van der Waals surface area contributed by atoms with E-state index < -0.39 is 0 Å². The molecule has 0 aliphatic carbocycles. The minimum absolute atomic E-state index is 0.0205. The van der Waals surface area contributed by atoms with Gasteiger partial charge in [-0.15, -0.1) is 0 Å². The summed E-state index contributed by atoms with van der Waals surface area (Å²) in [6, 6.07) is 6.49. The summed E-state index contributed by atoms with van der Waals surface area (Å²) >= 11 is 0. The summed E-state index contributed by atoms with van der Waals surface area (Å²) in [6.45, 7) is 2.19. The van der Waals surface area contributed by atoms with Gasteiger partial charge in [0.05, 0.1) is 17.9 Å². The summed E-state index contributed by atoms with van der Waals surface area (Å²) in [5, 5.41) is 2.11. The molecule has 2 aromatic rings. The van der Waals surface area contributed by atoms with Gasteiger partial charge in [0.25, 0.3) is 0 Å². The number of anilines is 1. The molecule has 5 heteroatoms. The zero-order valence-electron chi connectivity index (χ0n) is 13.0. The Bertz CT molecular complexity index is 622. The lowest BCUT2D eigenvalue weighted by Gasteiger charge is -2.31. The molecule has 0 amide bonds. The fourth-order valence-corrected chi connectivity index (χ4v) is 3.05. The molecular weight excluding hydrogens is 264 g/mol. The number of likely N-dealkylation sites (N-methyl/N-ethyl adjacent to an activating group) is 1. The van der Waals surface area contributed by atoms with Gasteiger partial charge in [-0.25, -0.2) is 0 Å². The van der Waals surface area contributed by atoms with Crippen LogP contribution in [0.2, 0.25) is 0 Å². The summed E-state index contributed by atoms with van der Waals surface area (Å²) in [5.74, 6) is 0.828. The van der Waals surface area contributed by atoms with Crippen molar-refractivity contribution < 1.29 is 4.74 Å². The predicted octanol–water partition coefficient (Wildman–Crippen LogP) is 2.56. The maximum atomic E-state index is 6.36. The zero-order valence-corrected chi connectivity index (χ0v) is 13.0. The van der Waals surface area contributed by atoms with Crippen molar-refractivity contribution in [2.24, 2.45) is 0 Å². The molecule has 0 aromatic carbocycles. The van der Waals surface area contributed by atoms with Crippen LogP contribution < -0.4 is 9.75 Å². The van der Waals surface area contributed by atoms with E-state index in [0.29, 0.717) is 6.04 Å². The molecule has 0 N–H and O–H groups in total. The standard InChI is InChI=1S/C16H22N4O/c1-5-12(18(2)3)16-14-7-6-10-20(14)19(4)13-8-9-17-11-15(13)21-16/h6-12,16H,5H2,1-4H3. The van der Waals surface area contributed by atoms with E-state index in [1.54, 1.807) is 12.4 Å². The molecule has 0 saturated carbocycles. The number of ether oxygens (including phenoxy) is 1. The van der Waals surface area contributed by atoms with E-state index >= 15 is 0 Å². The Hall–Kier alpha value is -2.01. The molecule has 2 aromatic heterocycles. The first-order valence-electron chi connectivity index (χ1n) is 7.31. The van der Waals surface area contributed by atoms with Gasteiger partial charge in [-0.2, -0.15) is 0 Å². The predicted molar refractivity (Wildman–Crippen MR) is 83.6 cm³/mol. The lowest BCUT2D eigenvalue weighted by molar-refractivity contribution is 0.0914. The quantitative estimate of drug-likeness (QED) is 0.868. The molecule has 0 spiro atoms. The van der Waals surface area contributed by atoms with Crippen LogP contribution in [-0.2, 0) is 0 Å². The summed E-state index contributed by atoms with van der Waals surface area (Å²) in [7, 11) is 6.25. The normalized spacial score (nSPS) is 18.7. The summed E-state index contributed by atoms with van der Waals surface area (Å²) < 4.78 is 8.52. The Morgan fingerprint density at radius 3 is 2.90 bits per heavy atom. The van der Waals surface area contributed by atoms with Gasteiger partial charge in [0.15, 0.2) is 11.9 Å². The molecule has 21 heavy (non-hydrogen) atoms. The number of fused-ring (bicyclic) bond motifs is 2. The Morgan fingerprint density at radius 1 is 1.38 bits per heavy atom. The third-order valence-electron chi connectivity index (χ3n) is 4.17. The number of aromatic nitrogens is 2. The fourth-order valence-electron chi connectivity index (χ4n) is 3.05. The highest BCUT2D eigenvalue weighted by molar-refractivity contribution is 5.57. The van der Waals surface area contributed by atoms with Crippen molar-refractivity contribution in [3.63, 3.8) is 0 Å². The first-order chi connectivity index (χ1) is 10.1. The van der Waals surface area contributed by atoms with E-state index in [9.17, 15) is 0 Å². The van der Waals surface area contributed by atoms with Crippen molar-refractivity contribution in [1.29, 1.82) is 0 Å². The van der Waals surface area contributed by atoms with E-state index in [4.69, 9.17) is 4.74 Å². The van der Waals surface area contributed by atoms with Crippen LogP contribution in [0.4, 0.5) is 5.69 Å². The second-order valence-corrected chi connectivity index (χ2v) is 5.62. The van der Waals surface area contributed by atoms with Crippen LogP contribution in [0.25, 0.3) is 0 Å². The summed E-state index contributed by atoms with van der Waals surface area (Å²) in [6.07, 6.45) is 6.66. The fraction of sp³-hybridized carbons (Fsp3) is 0.438. The maximum absolute atomic E-state index is 6.36. The smallest absolute Gasteiger partial charge is 0.163 e. The van der Waals surface area contributed by atoms with Crippen LogP contribution in [0.1, 0.15) is 25.1 Å². The average molecular weight is 286 g/mol. The van der Waals surface area contributed by atoms with Crippen LogP contribution in [0, 0.1) is 0 Å². The van der Waals surface area contributed by atoms with Gasteiger partial charge in [0.1, 0.15) is 5.69 Å². The molecule has 1 aliphatic heterocycles. The first-order valence-corrected chi connectivity index (χ1v) is 7.31. The maximum Gasteiger partial charge on any atom is 0.163 e. The zero-order chi connectivity index (χ0) is 15.0. The Balaban J connectivity index is 2.13. The Morgan fingerprint density at radius 2 is 2.19 bits per heavy atom. The second kappa shape index (κ2) is 5.41. The van der Waals surface area contributed by atoms with Crippen molar-refractivity contribution in [3.05, 3.63) is 42.5 Å². The molecule has 0 fully saturated rings. The van der Waals surface area contributed by atoms with Gasteiger partial charge >= 0.3 is 0 Å². The monoisotopic (exact) mass is 286 g/mol. The highest BCUT2D eigenvalue weighted by atomic mass is 16.5. The van der Waals surface area contributed by atoms with Crippen molar-refractivity contribution in [3.8, 4) is 5.75 Å². The molecule has 3 rings (SSSR count). The van der Waals surface area contributed by atoms with E-state index in [2.05, 4.69) is 58.9 Å². The molecule has 3 heterocycles. The molecule has 112 valence electrons. The molecule has 0 bridgehead atoms. The second-order valence-electron chi connectivity index (χ2n) is 5.62. The molecule has 0 saturated heterocycles. The topological polar surface area (TPSA) is 33.5 Å². The molecule has 5 nitrogen and oxygen atoms in total. The number of hydrogen-bond acceptors (Lipinski definition) is 4. The van der Waals surface area contributed by atoms with E-state index in [-0.39, 0.29) is 6.10 Å². The van der Waals surface area contributed by atoms with E-state index in [1.807, 2.05) is 13.1 Å². The number of nitrogens with zero attached hydrogens (tertiary/aromatic N) is 4. The van der Waals surface area contributed by atoms with E-state index in [0.717, 1.165) is 23.6 Å². The van der Waals surface area contributed by atoms with Crippen LogP contribution in [0.3, 0.4) is 0 Å². The van der Waals surface area contributed by atoms with Crippen LogP contribution in [-0.4, -0.2) is 41.7 Å². The SMILES string of the molecule is CCC(C1Oc2cnccc2N(C)n2cccc21)N(C)C. The highest BCUT2D eigenvalue weighted by Crippen LogP contribution is 2.38. The van der Waals surface area contributed by atoms with Crippen molar-refractivity contribution in [2.45, 2.75) is 25.5 Å². The Kier molecular flexibility index (Phi) is 3.59. The van der Waals surface area contributed by atoms with Crippen molar-refractivity contribution in [2.75, 3.05) is 26.2 Å². The van der Waals surface area contributed by atoms with Crippen molar-refractivity contribution >= 4 is 5.69 Å². The third-order valence-corrected chi connectivity index (χ3v) is 4.17. The van der Waals surface area contributed by atoms with Gasteiger partial charge in [0.2, 0.25) is 0 Å². The molecule has 2 unspecified atom stereocenters. The molecular formula is C16H22N4O. The lowest BCUT2D eigenvalue weighted by Crippen LogP contribution is -2.37. The van der Waals surface area contributed by atoms with Gasteiger partial charge in [0, 0.05) is 19.4 Å². The number of hydrogen-bond donors (Lipinski definition) is 0. The Labute approximate surface area is 125 Å². The number of pyridine rings is 1. The molecule has 1 aliphatic rings. The van der Waals surface area contributed by atoms with Crippen molar-refractivity contribution in [1.82, 2.24) is 14.6 Å². The third kappa shape index (κ3) is 2.27. The largest absolute Gasteiger partial charge is 0.479 e. The molecule has 0 radical (unpaired) electrons. The lowest BCUT2D eigenvalue weighted by atomic mass is 10.0. The number of rotatable bonds is 3. The van der Waals surface area contributed by atoms with Gasteiger partial charge in [-0.05, 0) is 38.7 Å². The highest BCUT2D eigenvalue weighted by Gasteiger charge is 2.32. The van der Waals surface area contributed by atoms with E-state index in [1.165, 1.54) is 0 Å². The summed E-state index contributed by atoms with van der Waals surface area (Å²) in [4.78, 5) is 6.44. The molecule has 2 atom stereocenters. The first kappa shape index (κ1) is 13.9. The van der Waals surface area contributed by atoms with Crippen LogP contribution in [0.5, 0.6) is 5.75 Å². The van der Waals surface area contributed by atoms with Gasteiger partial charge < -0.3 is 9.64 Å². The van der Waals surface area contributed by atoms with Crippen LogP contribution >= 0.6 is 0 Å². The minimum Gasteiger partial charge on any atom is -0.479 e. The summed E-state index contributed by atoms with van der Waals surface area (Å²) in [5.41, 5.74) is 2.19. The average Bonchev–Trinajstić information content (AvgIpc) is 2.91. The minimum atomic E-state index is -0.0205. The van der Waals surface area contributed by atoms with Gasteiger partial charge in [-0.1, -0.05) is 6.92 Å². The van der Waals surface area contributed by atoms with Gasteiger partial charge in [-0.3, -0.25) is 14.7 Å².